The molecule has 0 saturated heterocycles. The van der Waals surface area contributed by atoms with E-state index in [0.29, 0.717) is 11.5 Å². The zero-order valence-corrected chi connectivity index (χ0v) is 13.7. The summed E-state index contributed by atoms with van der Waals surface area (Å²) in [6.45, 7) is 1.55. The molecular formula is C17H17N3O5. The molecule has 0 aliphatic rings. The van der Waals surface area contributed by atoms with Gasteiger partial charge in [-0.15, -0.1) is 0 Å². The van der Waals surface area contributed by atoms with Crippen molar-refractivity contribution < 1.29 is 19.2 Å². The second-order valence-electron chi connectivity index (χ2n) is 5.02. The first-order valence-electron chi connectivity index (χ1n) is 7.37. The van der Waals surface area contributed by atoms with Crippen molar-refractivity contribution in [1.82, 2.24) is 5.43 Å². The quantitative estimate of drug-likeness (QED) is 0.473. The summed E-state index contributed by atoms with van der Waals surface area (Å²) < 4.78 is 10.5. The van der Waals surface area contributed by atoms with Gasteiger partial charge < -0.3 is 9.47 Å². The summed E-state index contributed by atoms with van der Waals surface area (Å²) in [5.41, 5.74) is 3.09. The van der Waals surface area contributed by atoms with Crippen LogP contribution in [0, 0.1) is 10.1 Å². The van der Waals surface area contributed by atoms with Gasteiger partial charge in [-0.05, 0) is 36.8 Å². The number of hydrazone groups is 1. The molecule has 1 atom stereocenters. The van der Waals surface area contributed by atoms with Gasteiger partial charge in [-0.1, -0.05) is 12.1 Å². The average molecular weight is 343 g/mol. The van der Waals surface area contributed by atoms with Crippen molar-refractivity contribution in [2.45, 2.75) is 13.0 Å². The lowest BCUT2D eigenvalue weighted by Gasteiger charge is -2.12. The average Bonchev–Trinajstić information content (AvgIpc) is 2.62. The Kier molecular flexibility index (Phi) is 6.05. The summed E-state index contributed by atoms with van der Waals surface area (Å²) in [5.74, 6) is 0.590. The Bertz CT molecular complexity index is 774. The van der Waals surface area contributed by atoms with Gasteiger partial charge in [0.1, 0.15) is 11.5 Å². The van der Waals surface area contributed by atoms with E-state index < -0.39 is 16.9 Å². The fourth-order valence-electron chi connectivity index (χ4n) is 1.89. The molecule has 0 aliphatic heterocycles. The summed E-state index contributed by atoms with van der Waals surface area (Å²) in [7, 11) is 1.56. The molecule has 1 amide bonds. The summed E-state index contributed by atoms with van der Waals surface area (Å²) in [4.78, 5) is 22.0. The minimum Gasteiger partial charge on any atom is -0.497 e. The van der Waals surface area contributed by atoms with Crippen LogP contribution in [0.15, 0.2) is 53.6 Å². The van der Waals surface area contributed by atoms with Crippen molar-refractivity contribution in [3.8, 4) is 11.5 Å². The van der Waals surface area contributed by atoms with Crippen LogP contribution >= 0.6 is 0 Å². The summed E-state index contributed by atoms with van der Waals surface area (Å²) in [6, 6.07) is 12.7. The van der Waals surface area contributed by atoms with Crippen molar-refractivity contribution in [1.29, 1.82) is 0 Å². The van der Waals surface area contributed by atoms with E-state index in [1.165, 1.54) is 30.5 Å². The molecule has 0 unspecified atom stereocenters. The maximum atomic E-state index is 12.0. The lowest BCUT2D eigenvalue weighted by atomic mass is 10.2. The van der Waals surface area contributed by atoms with Crippen LogP contribution in [0.1, 0.15) is 12.5 Å². The van der Waals surface area contributed by atoms with Gasteiger partial charge in [0.05, 0.1) is 18.2 Å². The van der Waals surface area contributed by atoms with Crippen LogP contribution in [-0.4, -0.2) is 30.3 Å². The molecule has 0 aromatic heterocycles. The molecule has 2 aromatic rings. The number of nitrogens with one attached hydrogen (secondary N) is 1. The highest BCUT2D eigenvalue weighted by Crippen LogP contribution is 2.18. The molecule has 130 valence electrons. The Morgan fingerprint density at radius 2 is 1.96 bits per heavy atom. The van der Waals surface area contributed by atoms with Crippen LogP contribution in [0.2, 0.25) is 0 Å². The van der Waals surface area contributed by atoms with Crippen LogP contribution in [0.3, 0.4) is 0 Å². The van der Waals surface area contributed by atoms with Crippen LogP contribution < -0.4 is 14.9 Å². The van der Waals surface area contributed by atoms with E-state index in [-0.39, 0.29) is 5.69 Å². The van der Waals surface area contributed by atoms with Gasteiger partial charge in [-0.2, -0.15) is 5.10 Å². The van der Waals surface area contributed by atoms with Gasteiger partial charge in [-0.3, -0.25) is 14.9 Å². The number of carbonyl (C=O) groups excluding carboxylic acids is 1. The molecule has 0 spiro atoms. The molecule has 0 bridgehead atoms. The van der Waals surface area contributed by atoms with Gasteiger partial charge >= 0.3 is 0 Å². The Morgan fingerprint density at radius 1 is 1.24 bits per heavy atom. The van der Waals surface area contributed by atoms with Gasteiger partial charge in [0.15, 0.2) is 6.10 Å². The number of non-ortho nitro benzene ring substituents is 1. The van der Waals surface area contributed by atoms with Crippen LogP contribution in [0.5, 0.6) is 11.5 Å². The topological polar surface area (TPSA) is 103 Å². The van der Waals surface area contributed by atoms with Crippen LogP contribution in [-0.2, 0) is 4.79 Å². The van der Waals surface area contributed by atoms with E-state index in [0.717, 1.165) is 5.56 Å². The predicted molar refractivity (Wildman–Crippen MR) is 91.9 cm³/mol. The zero-order valence-electron chi connectivity index (χ0n) is 13.7. The molecule has 0 saturated carbocycles. The predicted octanol–water partition coefficient (Wildman–Crippen LogP) is 2.52. The van der Waals surface area contributed by atoms with Crippen molar-refractivity contribution >= 4 is 17.8 Å². The molecule has 1 N–H and O–H groups in total. The minimum atomic E-state index is -0.816. The summed E-state index contributed by atoms with van der Waals surface area (Å²) >= 11 is 0. The first kappa shape index (κ1) is 17.9. The number of amides is 1. The van der Waals surface area contributed by atoms with Crippen LogP contribution in [0.4, 0.5) is 5.69 Å². The van der Waals surface area contributed by atoms with Crippen LogP contribution in [0.25, 0.3) is 0 Å². The lowest BCUT2D eigenvalue weighted by Crippen LogP contribution is -2.33. The number of hydrogen-bond acceptors (Lipinski definition) is 6. The Balaban J connectivity index is 1.89. The highest BCUT2D eigenvalue weighted by molar-refractivity contribution is 5.84. The maximum Gasteiger partial charge on any atom is 0.280 e. The molecule has 2 aromatic carbocycles. The molecule has 8 heteroatoms. The third-order valence-electron chi connectivity index (χ3n) is 3.21. The maximum absolute atomic E-state index is 12.0. The highest BCUT2D eigenvalue weighted by atomic mass is 16.6. The van der Waals surface area contributed by atoms with E-state index in [1.54, 1.807) is 26.2 Å². The fraction of sp³-hybridized carbons (Fsp3) is 0.176. The Hall–Kier alpha value is -3.42. The summed E-state index contributed by atoms with van der Waals surface area (Å²) in [6.07, 6.45) is 0.669. The van der Waals surface area contributed by atoms with Gasteiger partial charge in [0, 0.05) is 12.1 Å². The number of benzene rings is 2. The van der Waals surface area contributed by atoms with E-state index in [9.17, 15) is 14.9 Å². The van der Waals surface area contributed by atoms with E-state index in [2.05, 4.69) is 10.5 Å². The standard InChI is InChI=1S/C17H17N3O5/c1-12(25-15-8-6-14(7-9-15)20(22)23)17(21)19-18-11-13-4-3-5-16(10-13)24-2/h3-12H,1-2H3,(H,19,21)/b18-11-/t12-/m0/s1. The van der Waals surface area contributed by atoms with Crippen molar-refractivity contribution in [3.63, 3.8) is 0 Å². The second-order valence-corrected chi connectivity index (χ2v) is 5.02. The van der Waals surface area contributed by atoms with Crippen molar-refractivity contribution in [2.75, 3.05) is 7.11 Å². The normalized spacial score (nSPS) is 11.8. The largest absolute Gasteiger partial charge is 0.497 e. The van der Waals surface area contributed by atoms with Gasteiger partial charge in [-0.25, -0.2) is 5.43 Å². The van der Waals surface area contributed by atoms with Crippen molar-refractivity contribution in [2.24, 2.45) is 5.10 Å². The number of nitro benzene ring substituents is 1. The molecular weight excluding hydrogens is 326 g/mol. The molecule has 25 heavy (non-hydrogen) atoms. The Labute approximate surface area is 144 Å². The lowest BCUT2D eigenvalue weighted by molar-refractivity contribution is -0.384. The number of nitro groups is 1. The molecule has 8 nitrogen and oxygen atoms in total. The molecule has 2 rings (SSSR count). The van der Waals surface area contributed by atoms with E-state index >= 15 is 0 Å². The number of nitrogens with zero attached hydrogens (tertiary/aromatic N) is 2. The molecule has 0 aliphatic carbocycles. The zero-order chi connectivity index (χ0) is 18.2. The molecule has 0 radical (unpaired) electrons. The first-order valence-corrected chi connectivity index (χ1v) is 7.37. The monoisotopic (exact) mass is 343 g/mol. The van der Waals surface area contributed by atoms with Crippen molar-refractivity contribution in [3.05, 3.63) is 64.2 Å². The number of hydrogen-bond donors (Lipinski definition) is 1. The van der Waals surface area contributed by atoms with Gasteiger partial charge in [0.25, 0.3) is 11.6 Å². The Morgan fingerprint density at radius 3 is 2.60 bits per heavy atom. The third kappa shape index (κ3) is 5.31. The fourth-order valence-corrected chi connectivity index (χ4v) is 1.89. The van der Waals surface area contributed by atoms with E-state index in [1.807, 2.05) is 12.1 Å². The SMILES string of the molecule is COc1cccc(/C=N\NC(=O)[C@H](C)Oc2ccc([N+](=O)[O-])cc2)c1. The second kappa shape index (κ2) is 8.44. The first-order chi connectivity index (χ1) is 12.0. The number of methoxy groups -OCH3 is 1. The van der Waals surface area contributed by atoms with E-state index in [4.69, 9.17) is 9.47 Å². The third-order valence-corrected chi connectivity index (χ3v) is 3.21. The number of carbonyl (C=O) groups is 1. The number of ether oxygens (including phenoxy) is 2. The minimum absolute atomic E-state index is 0.0488. The highest BCUT2D eigenvalue weighted by Gasteiger charge is 2.14. The summed E-state index contributed by atoms with van der Waals surface area (Å²) in [5, 5.41) is 14.5. The smallest absolute Gasteiger partial charge is 0.280 e. The number of rotatable bonds is 7. The van der Waals surface area contributed by atoms with Gasteiger partial charge in [0.2, 0.25) is 0 Å². The molecule has 0 heterocycles. The molecule has 0 fully saturated rings.